The number of anilines is 6. The minimum absolute atomic E-state index is 0.0355. The monoisotopic (exact) mass is 1750 g/mol. The predicted octanol–water partition coefficient (Wildman–Crippen LogP) is 3.81. The van der Waals surface area contributed by atoms with Crippen molar-refractivity contribution in [2.45, 2.75) is 185 Å². The number of fused-ring (bicyclic) bond motifs is 2. The number of nitrogens with one attached hydrogen (secondary N) is 9. The number of carbonyl (C=O) groups excluding carboxylic acids is 13. The van der Waals surface area contributed by atoms with Gasteiger partial charge in [-0.3, -0.25) is 63.0 Å². The molecular formula is C87H122N18O21. The molecule has 686 valence electrons. The standard InChI is InChI=1S/C87H122N18O21/c1-6-66-83(116)100(4)69-51-91-85(98-77(69)105(66)61-12-7-8-13-61)95-64-22-19-58(50-70(64)119-5)78(111)92-60-27-34-101(35-28-60)37-41-120-38-11-31-87(54-102(55-87)67-16-9-14-62-63(67)52-104(82(62)115)68-23-24-72(107)97-80(68)113)99-86(118)126-53-57-17-20-59(21-18-57)93-79(112)65(15-10-32-90-84(88)117)94-81(114)76(56(2)3)96-73(108)30-39-121-42-44-123-46-48-125-49-47-124-45-43-122-40-33-89-71(106)29-36-103-74(109)25-26-75(103)110/h9,14,16-22,50-51,56,60-61,65-66,68,76H,6-8,10-13,15,23-49,52-55H2,1-5H3,(H,89,106)(H,92,111)(H,93,112)(H,94,114)(H,96,108)(H,99,118)(H3,88,90,117)(H,91,95,98)(H,97,107,113)/t65-,66+,68?,76-/m0/s1. The zero-order chi connectivity index (χ0) is 89.7. The molecule has 1 aromatic heterocycles. The summed E-state index contributed by atoms with van der Waals surface area (Å²) in [5.41, 5.74) is 9.14. The molecular weight excluding hydrogens is 1630 g/mol. The van der Waals surface area contributed by atoms with E-state index >= 15 is 0 Å². The number of amides is 14. The van der Waals surface area contributed by atoms with Crippen molar-refractivity contribution in [2.75, 3.05) is 171 Å². The summed E-state index contributed by atoms with van der Waals surface area (Å²) in [6.07, 6.45) is 9.41. The first-order valence-corrected chi connectivity index (χ1v) is 43.8. The Balaban J connectivity index is 0.595. The average Bonchev–Trinajstić information content (AvgIpc) is 1.36. The van der Waals surface area contributed by atoms with E-state index in [4.69, 9.17) is 48.6 Å². The molecule has 7 heterocycles. The maximum atomic E-state index is 14.0. The third kappa shape index (κ3) is 26.9. The molecule has 0 radical (unpaired) electrons. The van der Waals surface area contributed by atoms with E-state index in [1.54, 1.807) is 93.7 Å². The molecule has 11 rings (SSSR count). The van der Waals surface area contributed by atoms with E-state index in [2.05, 4.69) is 67.5 Å². The summed E-state index contributed by atoms with van der Waals surface area (Å²) in [6, 6.07) is 13.4. The summed E-state index contributed by atoms with van der Waals surface area (Å²) < 4.78 is 45.5. The molecule has 1 saturated carbocycles. The summed E-state index contributed by atoms with van der Waals surface area (Å²) in [6.45, 7) is 12.4. The van der Waals surface area contributed by atoms with E-state index in [1.807, 2.05) is 13.0 Å². The first-order valence-electron chi connectivity index (χ1n) is 43.8. The average molecular weight is 1760 g/mol. The van der Waals surface area contributed by atoms with Crippen LogP contribution in [-0.2, 0) is 89.5 Å². The molecule has 6 aliphatic heterocycles. The Morgan fingerprint density at radius 3 is 2.05 bits per heavy atom. The van der Waals surface area contributed by atoms with Gasteiger partial charge in [-0.25, -0.2) is 14.6 Å². The molecule has 3 aromatic carbocycles. The number of urea groups is 1. The highest BCUT2D eigenvalue weighted by Crippen LogP contribution is 2.42. The van der Waals surface area contributed by atoms with Gasteiger partial charge >= 0.3 is 12.1 Å². The van der Waals surface area contributed by atoms with Gasteiger partial charge in [-0.05, 0) is 118 Å². The van der Waals surface area contributed by atoms with E-state index in [9.17, 15) is 62.3 Å². The van der Waals surface area contributed by atoms with Gasteiger partial charge in [-0.1, -0.05) is 51.8 Å². The smallest absolute Gasteiger partial charge is 0.408 e. The van der Waals surface area contributed by atoms with Gasteiger partial charge in [-0.15, -0.1) is 0 Å². The van der Waals surface area contributed by atoms with Crippen LogP contribution in [0.1, 0.15) is 162 Å². The van der Waals surface area contributed by atoms with Crippen LogP contribution in [0.3, 0.4) is 0 Å². The lowest BCUT2D eigenvalue weighted by Gasteiger charge is -2.52. The number of hydrogen-bond acceptors (Lipinski definition) is 27. The van der Waals surface area contributed by atoms with Crippen molar-refractivity contribution >= 4 is 112 Å². The summed E-state index contributed by atoms with van der Waals surface area (Å²) in [7, 11) is 3.31. The molecule has 7 aliphatic rings. The Hall–Kier alpha value is -11.2. The minimum Gasteiger partial charge on any atom is -0.495 e. The second-order valence-electron chi connectivity index (χ2n) is 32.8. The molecule has 39 nitrogen and oxygen atoms in total. The second kappa shape index (κ2) is 47.4. The van der Waals surface area contributed by atoms with Gasteiger partial charge in [0.2, 0.25) is 59.1 Å². The van der Waals surface area contributed by atoms with Crippen molar-refractivity contribution in [1.29, 1.82) is 0 Å². The normalized spacial score (nSPS) is 18.2. The minimum atomic E-state index is -1.12. The van der Waals surface area contributed by atoms with Crippen LogP contribution in [0.25, 0.3) is 0 Å². The van der Waals surface area contributed by atoms with E-state index in [0.717, 1.165) is 73.6 Å². The number of likely N-dealkylation sites (N-methyl/N-ethyl adjacent to an activating group) is 1. The number of rotatable bonds is 50. The van der Waals surface area contributed by atoms with E-state index < -0.39 is 65.3 Å². The van der Waals surface area contributed by atoms with Gasteiger partial charge in [0.1, 0.15) is 42.2 Å². The molecule has 11 N–H and O–H groups in total. The lowest BCUT2D eigenvalue weighted by Crippen LogP contribution is -2.70. The van der Waals surface area contributed by atoms with Crippen molar-refractivity contribution in [1.82, 2.24) is 61.9 Å². The number of ether oxygens (including phenoxy) is 8. The molecule has 4 aromatic rings. The number of nitrogens with two attached hydrogens (primary N) is 1. The fraction of sp³-hybridized carbons (Fsp3) is 0.598. The molecule has 0 bridgehead atoms. The van der Waals surface area contributed by atoms with Gasteiger partial charge in [0, 0.05) is 145 Å². The molecule has 14 amide bonds. The summed E-state index contributed by atoms with van der Waals surface area (Å²) in [5, 5.41) is 25.6. The Labute approximate surface area is 733 Å². The fourth-order valence-electron chi connectivity index (χ4n) is 16.6. The highest BCUT2D eigenvalue weighted by Gasteiger charge is 2.48. The van der Waals surface area contributed by atoms with E-state index in [0.29, 0.717) is 137 Å². The zero-order valence-corrected chi connectivity index (χ0v) is 72.7. The van der Waals surface area contributed by atoms with Gasteiger partial charge in [0.15, 0.2) is 5.82 Å². The van der Waals surface area contributed by atoms with Crippen molar-refractivity contribution in [3.05, 3.63) is 89.1 Å². The van der Waals surface area contributed by atoms with Gasteiger partial charge in [0.05, 0.1) is 97.2 Å². The van der Waals surface area contributed by atoms with Crippen LogP contribution in [0.4, 0.5) is 44.1 Å². The highest BCUT2D eigenvalue weighted by atomic mass is 16.6. The summed E-state index contributed by atoms with van der Waals surface area (Å²) >= 11 is 0. The van der Waals surface area contributed by atoms with Crippen molar-refractivity contribution in [3.63, 3.8) is 0 Å². The first kappa shape index (κ1) is 95.4. The molecule has 126 heavy (non-hydrogen) atoms. The van der Waals surface area contributed by atoms with Crippen LogP contribution >= 0.6 is 0 Å². The van der Waals surface area contributed by atoms with Crippen molar-refractivity contribution in [2.24, 2.45) is 11.7 Å². The summed E-state index contributed by atoms with van der Waals surface area (Å²) in [5.74, 6) is -2.69. The number of aromatic nitrogens is 2. The number of piperidine rings is 2. The van der Waals surface area contributed by atoms with E-state index in [1.165, 1.54) is 4.90 Å². The number of benzene rings is 3. The van der Waals surface area contributed by atoms with Crippen molar-refractivity contribution < 1.29 is 100 Å². The number of carbonyl (C=O) groups is 13. The van der Waals surface area contributed by atoms with Gasteiger partial charge < -0.3 is 111 Å². The zero-order valence-electron chi connectivity index (χ0n) is 72.7. The van der Waals surface area contributed by atoms with Crippen LogP contribution in [0.15, 0.2) is 66.9 Å². The highest BCUT2D eigenvalue weighted by molar-refractivity contribution is 6.07. The number of methoxy groups -OCH3 is 1. The fourth-order valence-corrected chi connectivity index (χ4v) is 16.6. The van der Waals surface area contributed by atoms with Crippen LogP contribution in [0.5, 0.6) is 5.75 Å². The quantitative estimate of drug-likeness (QED) is 0.0222. The van der Waals surface area contributed by atoms with Gasteiger partial charge in [-0.2, -0.15) is 4.98 Å². The molecule has 39 heteroatoms. The predicted molar refractivity (Wildman–Crippen MR) is 461 cm³/mol. The van der Waals surface area contributed by atoms with Gasteiger partial charge in [0.25, 0.3) is 11.8 Å². The Bertz CT molecular complexity index is 4430. The van der Waals surface area contributed by atoms with Crippen molar-refractivity contribution in [3.8, 4) is 5.75 Å². The summed E-state index contributed by atoms with van der Waals surface area (Å²) in [4.78, 5) is 189. The Morgan fingerprint density at radius 2 is 1.38 bits per heavy atom. The molecule has 1 unspecified atom stereocenters. The van der Waals surface area contributed by atoms with Crippen LogP contribution in [0, 0.1) is 5.92 Å². The van der Waals surface area contributed by atoms with Crippen LogP contribution in [-0.4, -0.2) is 289 Å². The maximum Gasteiger partial charge on any atom is 0.408 e. The van der Waals surface area contributed by atoms with Crippen LogP contribution < -0.4 is 73.0 Å². The SMILES string of the molecule is CC[C@@H]1C(=O)N(C)c2cnc(Nc3ccc(C(=O)NC4CCN(CCOCCCC5(NC(=O)OCc6ccc(NC(=O)[C@H](CCCNC(N)=O)NC(=O)[C@@H](NC(=O)CCOCCOCCOCCOCCOCCNC(=O)CCN7C(=O)CCC7=O)C(C)C)cc6)CN(c6cccc7c6CN(C6CCC(=O)NC6=O)C7=O)C5)CC4)cc3OC)nc2N1C1CCCC1. The lowest BCUT2D eigenvalue weighted by molar-refractivity contribution is -0.139. The Kier molecular flexibility index (Phi) is 35.9. The number of hydrogen-bond donors (Lipinski definition) is 10. The second-order valence-corrected chi connectivity index (χ2v) is 32.8. The number of primary amides is 1. The topological polar surface area (TPSA) is 475 Å². The van der Waals surface area contributed by atoms with E-state index in [-0.39, 0.29) is 170 Å². The number of imide groups is 2. The number of nitrogens with zero attached hydrogens (tertiary/aromatic N) is 8. The number of likely N-dealkylation sites (tertiary alicyclic amines) is 2. The lowest BCUT2D eigenvalue weighted by atomic mass is 9.84. The third-order valence-electron chi connectivity index (χ3n) is 23.5. The largest absolute Gasteiger partial charge is 0.495 e. The molecule has 5 fully saturated rings. The third-order valence-corrected chi connectivity index (χ3v) is 23.5. The molecule has 4 atom stereocenters. The number of alkyl carbamates (subject to hydrolysis) is 1. The molecule has 4 saturated heterocycles. The molecule has 1 aliphatic carbocycles. The Morgan fingerprint density at radius 1 is 0.698 bits per heavy atom. The first-order chi connectivity index (χ1) is 60.9. The van der Waals surface area contributed by atoms with Crippen LogP contribution in [0.2, 0.25) is 0 Å². The maximum absolute atomic E-state index is 14.0. The molecule has 0 spiro atoms.